The van der Waals surface area contributed by atoms with E-state index in [0.717, 1.165) is 4.68 Å². The van der Waals surface area contributed by atoms with Gasteiger partial charge in [-0.25, -0.2) is 4.79 Å². The van der Waals surface area contributed by atoms with Crippen LogP contribution in [0.4, 0.5) is 5.69 Å². The van der Waals surface area contributed by atoms with Crippen LogP contribution in [0.1, 0.15) is 5.56 Å². The lowest BCUT2D eigenvalue weighted by Crippen LogP contribution is -2.14. The molecule has 1 heterocycles. The van der Waals surface area contributed by atoms with E-state index in [0.29, 0.717) is 11.3 Å². The molecule has 0 amide bonds. The molecule has 0 radical (unpaired) electrons. The maximum atomic E-state index is 11.5. The summed E-state index contributed by atoms with van der Waals surface area (Å²) < 4.78 is 10.4. The summed E-state index contributed by atoms with van der Waals surface area (Å²) in [6.45, 7) is 1.63. The molecule has 8 heteroatoms. The number of benzene rings is 1. The van der Waals surface area contributed by atoms with E-state index < -0.39 is 10.7 Å². The highest BCUT2D eigenvalue weighted by molar-refractivity contribution is 5.47. The molecule has 0 saturated carbocycles. The minimum Gasteiger partial charge on any atom is -0.452 e. The molecule has 2 aromatic rings. The van der Waals surface area contributed by atoms with E-state index in [9.17, 15) is 14.9 Å². The third kappa shape index (κ3) is 1.95. The Bertz CT molecular complexity index is 658. The van der Waals surface area contributed by atoms with Crippen LogP contribution in [0.5, 0.6) is 6.08 Å². The van der Waals surface area contributed by atoms with E-state index in [1.165, 1.54) is 25.3 Å². The molecular formula is C10H9N3O5. The van der Waals surface area contributed by atoms with E-state index in [2.05, 4.69) is 5.10 Å². The molecule has 1 aromatic heterocycles. The van der Waals surface area contributed by atoms with Gasteiger partial charge in [0, 0.05) is 12.1 Å². The van der Waals surface area contributed by atoms with Crippen molar-refractivity contribution in [2.24, 2.45) is 0 Å². The first kappa shape index (κ1) is 11.8. The minimum absolute atomic E-state index is 0.0558. The van der Waals surface area contributed by atoms with Crippen molar-refractivity contribution < 1.29 is 14.1 Å². The summed E-state index contributed by atoms with van der Waals surface area (Å²) in [5, 5.41) is 14.4. The van der Waals surface area contributed by atoms with Crippen molar-refractivity contribution in [2.75, 3.05) is 7.11 Å². The zero-order valence-electron chi connectivity index (χ0n) is 9.61. The number of ether oxygens (including phenoxy) is 1. The predicted molar refractivity (Wildman–Crippen MR) is 60.0 cm³/mol. The number of methoxy groups -OCH3 is 1. The van der Waals surface area contributed by atoms with Crippen molar-refractivity contribution >= 4 is 5.69 Å². The van der Waals surface area contributed by atoms with Crippen LogP contribution in [0.2, 0.25) is 0 Å². The summed E-state index contributed by atoms with van der Waals surface area (Å²) in [7, 11) is 1.32. The average molecular weight is 251 g/mol. The van der Waals surface area contributed by atoms with Crippen LogP contribution in [-0.4, -0.2) is 21.8 Å². The average Bonchev–Trinajstić information content (AvgIpc) is 2.70. The van der Waals surface area contributed by atoms with Crippen molar-refractivity contribution in [3.63, 3.8) is 0 Å². The highest BCUT2D eigenvalue weighted by Gasteiger charge is 2.14. The molecule has 0 spiro atoms. The molecule has 0 saturated heterocycles. The maximum Gasteiger partial charge on any atom is 0.444 e. The summed E-state index contributed by atoms with van der Waals surface area (Å²) in [5.41, 5.74) is 0.875. The Balaban J connectivity index is 2.54. The molecule has 94 valence electrons. The summed E-state index contributed by atoms with van der Waals surface area (Å²) >= 11 is 0. The van der Waals surface area contributed by atoms with Crippen LogP contribution in [-0.2, 0) is 0 Å². The highest BCUT2D eigenvalue weighted by Crippen LogP contribution is 2.19. The highest BCUT2D eigenvalue weighted by atomic mass is 16.6. The molecular weight excluding hydrogens is 242 g/mol. The Morgan fingerprint density at radius 3 is 2.72 bits per heavy atom. The van der Waals surface area contributed by atoms with E-state index in [-0.39, 0.29) is 11.8 Å². The lowest BCUT2D eigenvalue weighted by atomic mass is 10.2. The van der Waals surface area contributed by atoms with Crippen LogP contribution in [0.25, 0.3) is 5.69 Å². The fraction of sp³-hybridized carbons (Fsp3) is 0.200. The first-order valence-electron chi connectivity index (χ1n) is 4.92. The van der Waals surface area contributed by atoms with Gasteiger partial charge in [0.05, 0.1) is 17.7 Å². The molecule has 2 rings (SSSR count). The number of nitro benzene ring substituents is 1. The Labute approximate surface area is 101 Å². The molecule has 8 nitrogen and oxygen atoms in total. The number of hydrogen-bond donors (Lipinski definition) is 0. The van der Waals surface area contributed by atoms with Crippen molar-refractivity contribution in [3.05, 3.63) is 44.4 Å². The summed E-state index contributed by atoms with van der Waals surface area (Å²) in [5.74, 6) is -0.719. The molecule has 0 aliphatic heterocycles. The van der Waals surface area contributed by atoms with Gasteiger partial charge in [-0.15, -0.1) is 0 Å². The molecule has 0 atom stereocenters. The number of hydrogen-bond acceptors (Lipinski definition) is 6. The van der Waals surface area contributed by atoms with Gasteiger partial charge in [0.15, 0.2) is 0 Å². The topological polar surface area (TPSA) is 100 Å². The standard InChI is InChI=1S/C10H9N3O5/c1-6-5-7(13(15)16)3-4-8(6)12-10(14)18-9(11-12)17-2/h3-5H,1-2H3. The van der Waals surface area contributed by atoms with Gasteiger partial charge in [-0.1, -0.05) is 5.10 Å². The number of aryl methyl sites for hydroxylation is 1. The molecule has 0 aliphatic rings. The monoisotopic (exact) mass is 251 g/mol. The van der Waals surface area contributed by atoms with Gasteiger partial charge in [0.2, 0.25) is 0 Å². The summed E-state index contributed by atoms with van der Waals surface area (Å²) in [4.78, 5) is 21.6. The van der Waals surface area contributed by atoms with Crippen LogP contribution in [0.15, 0.2) is 27.4 Å². The lowest BCUT2D eigenvalue weighted by molar-refractivity contribution is -0.384. The second-order valence-corrected chi connectivity index (χ2v) is 3.48. The van der Waals surface area contributed by atoms with Crippen LogP contribution >= 0.6 is 0 Å². The van der Waals surface area contributed by atoms with E-state index in [1.54, 1.807) is 6.92 Å². The minimum atomic E-state index is -0.719. The summed E-state index contributed by atoms with van der Waals surface area (Å²) in [6.07, 6.45) is -0.169. The Hall–Kier alpha value is -2.64. The van der Waals surface area contributed by atoms with Gasteiger partial charge in [-0.2, -0.15) is 4.68 Å². The van der Waals surface area contributed by atoms with E-state index in [4.69, 9.17) is 9.15 Å². The normalized spacial score (nSPS) is 10.3. The molecule has 0 N–H and O–H groups in total. The summed E-state index contributed by atoms with van der Waals surface area (Å²) in [6, 6.07) is 4.07. The van der Waals surface area contributed by atoms with Crippen LogP contribution in [0.3, 0.4) is 0 Å². The second kappa shape index (κ2) is 4.32. The van der Waals surface area contributed by atoms with E-state index in [1.807, 2.05) is 0 Å². The quantitative estimate of drug-likeness (QED) is 0.597. The SMILES string of the molecule is COc1nn(-c2ccc([N+](=O)[O-])cc2C)c(=O)o1. The first-order valence-corrected chi connectivity index (χ1v) is 4.92. The largest absolute Gasteiger partial charge is 0.452 e. The van der Waals surface area contributed by atoms with Gasteiger partial charge < -0.3 is 9.15 Å². The molecule has 0 fully saturated rings. The zero-order chi connectivity index (χ0) is 13.3. The Kier molecular flexibility index (Phi) is 2.84. The fourth-order valence-electron chi connectivity index (χ4n) is 1.49. The third-order valence-corrected chi connectivity index (χ3v) is 2.32. The van der Waals surface area contributed by atoms with Crippen molar-refractivity contribution in [3.8, 4) is 11.8 Å². The smallest absolute Gasteiger partial charge is 0.444 e. The number of rotatable bonds is 3. The third-order valence-electron chi connectivity index (χ3n) is 2.32. The lowest BCUT2D eigenvalue weighted by Gasteiger charge is -2.02. The predicted octanol–water partition coefficient (Wildman–Crippen LogP) is 1.05. The van der Waals surface area contributed by atoms with Gasteiger partial charge in [0.25, 0.3) is 5.69 Å². The van der Waals surface area contributed by atoms with E-state index >= 15 is 0 Å². The Morgan fingerprint density at radius 1 is 1.50 bits per heavy atom. The van der Waals surface area contributed by atoms with Gasteiger partial charge in [-0.05, 0) is 18.6 Å². The number of nitro groups is 1. The zero-order valence-corrected chi connectivity index (χ0v) is 9.61. The van der Waals surface area contributed by atoms with Crippen LogP contribution in [0, 0.1) is 17.0 Å². The molecule has 1 aromatic carbocycles. The number of aromatic nitrogens is 2. The van der Waals surface area contributed by atoms with Crippen molar-refractivity contribution in [1.82, 2.24) is 9.78 Å². The molecule has 0 unspecified atom stereocenters. The fourth-order valence-corrected chi connectivity index (χ4v) is 1.49. The molecule has 0 aliphatic carbocycles. The number of nitrogens with zero attached hydrogens (tertiary/aromatic N) is 3. The van der Waals surface area contributed by atoms with Gasteiger partial charge in [0.1, 0.15) is 0 Å². The molecule has 18 heavy (non-hydrogen) atoms. The second-order valence-electron chi connectivity index (χ2n) is 3.48. The van der Waals surface area contributed by atoms with Crippen LogP contribution < -0.4 is 10.5 Å². The van der Waals surface area contributed by atoms with Crippen molar-refractivity contribution in [2.45, 2.75) is 6.92 Å². The van der Waals surface area contributed by atoms with Gasteiger partial charge >= 0.3 is 11.8 Å². The Morgan fingerprint density at radius 2 is 2.22 bits per heavy atom. The van der Waals surface area contributed by atoms with Gasteiger partial charge in [-0.3, -0.25) is 10.1 Å². The molecule has 0 bridgehead atoms. The number of non-ortho nitro benzene ring substituents is 1. The first-order chi connectivity index (χ1) is 8.52. The maximum absolute atomic E-state index is 11.5. The van der Waals surface area contributed by atoms with Crippen molar-refractivity contribution in [1.29, 1.82) is 0 Å².